The second kappa shape index (κ2) is 7.98. The average molecular weight is 308 g/mol. The number of azide groups is 1. The predicted octanol–water partition coefficient (Wildman–Crippen LogP) is 0.978. The minimum absolute atomic E-state index is 0.204. The molecule has 3 N–H and O–H groups in total. The minimum atomic E-state index is -0.931. The van der Waals surface area contributed by atoms with Gasteiger partial charge < -0.3 is 25.1 Å². The second-order valence-corrected chi connectivity index (χ2v) is 5.08. The first-order chi connectivity index (χ1) is 10.7. The Hall–Kier alpha value is -1.83. The molecule has 2 unspecified atom stereocenters. The van der Waals surface area contributed by atoms with E-state index in [1.54, 1.807) is 7.11 Å². The number of nitrogens with zero attached hydrogens (tertiary/aromatic N) is 3. The maximum atomic E-state index is 9.97. The summed E-state index contributed by atoms with van der Waals surface area (Å²) in [5.41, 5.74) is 15.3. The topological polar surface area (TPSA) is 123 Å². The third-order valence-electron chi connectivity index (χ3n) is 3.57. The van der Waals surface area contributed by atoms with E-state index < -0.39 is 24.3 Å². The summed E-state index contributed by atoms with van der Waals surface area (Å²) in [5.74, 6) is 0.778. The molecule has 4 atom stereocenters. The van der Waals surface area contributed by atoms with Crippen LogP contribution in [0.2, 0.25) is 0 Å². The van der Waals surface area contributed by atoms with Gasteiger partial charge >= 0.3 is 0 Å². The van der Waals surface area contributed by atoms with Gasteiger partial charge in [0.05, 0.1) is 51.2 Å². The Kier molecular flexibility index (Phi) is 6.00. The molecule has 1 aromatic rings. The number of nitrogens with two attached hydrogens (primary N) is 1. The van der Waals surface area contributed by atoms with Gasteiger partial charge in [0.25, 0.3) is 0 Å². The van der Waals surface area contributed by atoms with Crippen LogP contribution in [0.3, 0.4) is 0 Å². The molecule has 1 aliphatic heterocycles. The fourth-order valence-electron chi connectivity index (χ4n) is 2.27. The second-order valence-electron chi connectivity index (χ2n) is 5.08. The van der Waals surface area contributed by atoms with Crippen molar-refractivity contribution in [1.29, 1.82) is 0 Å². The van der Waals surface area contributed by atoms with Gasteiger partial charge in [0.15, 0.2) is 0 Å². The molecule has 1 aliphatic rings. The number of methoxy groups -OCH3 is 1. The van der Waals surface area contributed by atoms with Crippen LogP contribution >= 0.6 is 0 Å². The number of rotatable bonds is 6. The predicted molar refractivity (Wildman–Crippen MR) is 79.3 cm³/mol. The number of ether oxygens (including phenoxy) is 3. The number of hydrogen-bond acceptors (Lipinski definition) is 6. The summed E-state index contributed by atoms with van der Waals surface area (Å²) in [6.07, 6.45) is -1.44. The van der Waals surface area contributed by atoms with Crippen LogP contribution in [-0.2, 0) is 16.1 Å². The number of hydrogen-bond donors (Lipinski definition) is 2. The van der Waals surface area contributed by atoms with Crippen LogP contribution in [0, 0.1) is 0 Å². The summed E-state index contributed by atoms with van der Waals surface area (Å²) in [4.78, 5) is 2.74. The van der Waals surface area contributed by atoms with Crippen molar-refractivity contribution in [2.75, 3.05) is 20.3 Å². The fraction of sp³-hybridized carbons (Fsp3) is 0.571. The molecule has 0 aromatic heterocycles. The molecule has 1 heterocycles. The van der Waals surface area contributed by atoms with Crippen LogP contribution in [0.5, 0.6) is 5.75 Å². The van der Waals surface area contributed by atoms with E-state index in [1.165, 1.54) is 0 Å². The third kappa shape index (κ3) is 4.09. The number of aliphatic hydroxyl groups excluding tert-OH is 1. The Morgan fingerprint density at radius 3 is 2.82 bits per heavy atom. The smallest absolute Gasteiger partial charge is 0.118 e. The maximum Gasteiger partial charge on any atom is 0.118 e. The van der Waals surface area contributed by atoms with E-state index in [9.17, 15) is 5.11 Å². The van der Waals surface area contributed by atoms with Gasteiger partial charge in [-0.1, -0.05) is 17.2 Å². The van der Waals surface area contributed by atoms with Crippen molar-refractivity contribution >= 4 is 0 Å². The van der Waals surface area contributed by atoms with Crippen molar-refractivity contribution in [1.82, 2.24) is 0 Å². The van der Waals surface area contributed by atoms with Crippen LogP contribution < -0.4 is 10.5 Å². The molecule has 8 heteroatoms. The van der Waals surface area contributed by atoms with E-state index in [0.29, 0.717) is 6.61 Å². The number of benzene rings is 1. The van der Waals surface area contributed by atoms with Gasteiger partial charge in [0.2, 0.25) is 0 Å². The van der Waals surface area contributed by atoms with Gasteiger partial charge in [-0.15, -0.1) is 0 Å². The third-order valence-corrected chi connectivity index (χ3v) is 3.57. The van der Waals surface area contributed by atoms with Crippen molar-refractivity contribution in [3.05, 3.63) is 40.3 Å². The van der Waals surface area contributed by atoms with Crippen molar-refractivity contribution in [3.8, 4) is 5.75 Å². The van der Waals surface area contributed by atoms with Crippen LogP contribution in [-0.4, -0.2) is 49.7 Å². The first-order valence-corrected chi connectivity index (χ1v) is 6.96. The highest BCUT2D eigenvalue weighted by molar-refractivity contribution is 5.26. The largest absolute Gasteiger partial charge is 0.497 e. The Labute approximate surface area is 128 Å². The molecule has 0 radical (unpaired) electrons. The molecule has 1 fully saturated rings. The van der Waals surface area contributed by atoms with E-state index >= 15 is 0 Å². The summed E-state index contributed by atoms with van der Waals surface area (Å²) in [7, 11) is 1.61. The van der Waals surface area contributed by atoms with E-state index in [4.69, 9.17) is 25.5 Å². The van der Waals surface area contributed by atoms with Crippen molar-refractivity contribution in [3.63, 3.8) is 0 Å². The van der Waals surface area contributed by atoms with Crippen molar-refractivity contribution in [2.45, 2.75) is 30.9 Å². The molecule has 2 rings (SSSR count). The molecule has 120 valence electrons. The lowest BCUT2D eigenvalue weighted by atomic mass is 9.97. The maximum absolute atomic E-state index is 9.97. The molecule has 0 aliphatic carbocycles. The van der Waals surface area contributed by atoms with E-state index in [1.807, 2.05) is 24.3 Å². The lowest BCUT2D eigenvalue weighted by Gasteiger charge is -2.36. The first-order valence-electron chi connectivity index (χ1n) is 6.96. The zero-order valence-corrected chi connectivity index (χ0v) is 12.3. The summed E-state index contributed by atoms with van der Waals surface area (Å²) in [6, 6.07) is 6.19. The molecule has 1 saturated heterocycles. The van der Waals surface area contributed by atoms with Crippen LogP contribution in [0.4, 0.5) is 0 Å². The monoisotopic (exact) mass is 308 g/mol. The minimum Gasteiger partial charge on any atom is -0.497 e. The van der Waals surface area contributed by atoms with Gasteiger partial charge in [-0.05, 0) is 23.2 Å². The summed E-state index contributed by atoms with van der Waals surface area (Å²) in [5, 5.41) is 13.5. The van der Waals surface area contributed by atoms with Crippen molar-refractivity contribution in [2.24, 2.45) is 10.8 Å². The number of aliphatic hydroxyl groups is 1. The SMILES string of the molecule is COc1ccc(COCC2OCC(N)[C@@H](O)[C@H]2N=[N+]=[N-])cc1. The summed E-state index contributed by atoms with van der Waals surface area (Å²) >= 11 is 0. The van der Waals surface area contributed by atoms with Crippen LogP contribution in [0.15, 0.2) is 29.4 Å². The van der Waals surface area contributed by atoms with E-state index in [-0.39, 0.29) is 13.2 Å². The molecule has 0 bridgehead atoms. The molecule has 0 amide bonds. The summed E-state index contributed by atoms with van der Waals surface area (Å²) in [6.45, 7) is 0.795. The highest BCUT2D eigenvalue weighted by Crippen LogP contribution is 2.19. The molecular weight excluding hydrogens is 288 g/mol. The Morgan fingerprint density at radius 2 is 2.18 bits per heavy atom. The molecular formula is C14H20N4O4. The Morgan fingerprint density at radius 1 is 1.45 bits per heavy atom. The zero-order chi connectivity index (χ0) is 15.9. The molecule has 0 spiro atoms. The Balaban J connectivity index is 1.87. The van der Waals surface area contributed by atoms with Gasteiger partial charge in [-0.25, -0.2) is 0 Å². The lowest BCUT2D eigenvalue weighted by molar-refractivity contribution is -0.103. The van der Waals surface area contributed by atoms with Crippen LogP contribution in [0.1, 0.15) is 5.56 Å². The average Bonchev–Trinajstić information content (AvgIpc) is 2.54. The highest BCUT2D eigenvalue weighted by Gasteiger charge is 2.37. The zero-order valence-electron chi connectivity index (χ0n) is 12.3. The highest BCUT2D eigenvalue weighted by atomic mass is 16.5. The fourth-order valence-corrected chi connectivity index (χ4v) is 2.27. The van der Waals surface area contributed by atoms with Gasteiger partial charge in [0, 0.05) is 4.91 Å². The van der Waals surface area contributed by atoms with Crippen LogP contribution in [0.25, 0.3) is 10.4 Å². The quantitative estimate of drug-likeness (QED) is 0.460. The summed E-state index contributed by atoms with van der Waals surface area (Å²) < 4.78 is 16.2. The molecule has 22 heavy (non-hydrogen) atoms. The van der Waals surface area contributed by atoms with E-state index in [2.05, 4.69) is 10.0 Å². The van der Waals surface area contributed by atoms with Gasteiger partial charge in [0.1, 0.15) is 5.75 Å². The van der Waals surface area contributed by atoms with E-state index in [0.717, 1.165) is 11.3 Å². The first kappa shape index (κ1) is 16.5. The molecule has 0 saturated carbocycles. The Bertz CT molecular complexity index is 518. The molecule has 1 aromatic carbocycles. The molecule has 8 nitrogen and oxygen atoms in total. The van der Waals surface area contributed by atoms with Gasteiger partial charge in [-0.3, -0.25) is 0 Å². The van der Waals surface area contributed by atoms with Gasteiger partial charge in [-0.2, -0.15) is 0 Å². The standard InChI is InChI=1S/C14H20N4O4/c1-20-10-4-2-9(3-5-10)6-21-8-12-13(17-18-16)14(19)11(15)7-22-12/h2-5,11-14,19H,6-8,15H2,1H3/t11?,12?,13-,14+/m0/s1. The van der Waals surface area contributed by atoms with Crippen molar-refractivity contribution < 1.29 is 19.3 Å². The normalized spacial score (nSPS) is 28.0. The lowest BCUT2D eigenvalue weighted by Crippen LogP contribution is -2.56.